The second kappa shape index (κ2) is 34.0. The Morgan fingerprint density at radius 3 is 1.12 bits per heavy atom. The molecular weight excluding hydrogens is 1410 g/mol. The van der Waals surface area contributed by atoms with Crippen molar-refractivity contribution in [1.82, 2.24) is 15.5 Å². The van der Waals surface area contributed by atoms with Crippen LogP contribution in [0.3, 0.4) is 0 Å². The van der Waals surface area contributed by atoms with E-state index in [0.717, 1.165) is 50.3 Å². The van der Waals surface area contributed by atoms with Gasteiger partial charge in [0.15, 0.2) is 19.7 Å². The molecule has 0 amide bonds. The molecule has 0 bridgehead atoms. The molecule has 8 aromatic carbocycles. The average Bonchev–Trinajstić information content (AvgIpc) is 1.70. The molecule has 0 fully saturated rings. The molecule has 0 aliphatic carbocycles. The van der Waals surface area contributed by atoms with E-state index in [1.54, 1.807) is 102 Å². The second-order valence-corrected chi connectivity index (χ2v) is 27.1. The topological polar surface area (TPSA) is 179 Å². The van der Waals surface area contributed by atoms with Crippen LogP contribution in [-0.4, -0.2) is 68.2 Å². The van der Waals surface area contributed by atoms with Crippen molar-refractivity contribution in [3.8, 4) is 67.2 Å². The van der Waals surface area contributed by atoms with Gasteiger partial charge in [0.05, 0.1) is 32.2 Å². The summed E-state index contributed by atoms with van der Waals surface area (Å²) in [6.07, 6.45) is 6.94. The van der Waals surface area contributed by atoms with E-state index in [9.17, 15) is 34.4 Å². The van der Waals surface area contributed by atoms with Gasteiger partial charge in [0.25, 0.3) is 0 Å². The Bertz CT molecular complexity index is 4340. The summed E-state index contributed by atoms with van der Waals surface area (Å²) < 4.78 is 117. The summed E-state index contributed by atoms with van der Waals surface area (Å²) >= 11 is 7.99. The maximum Gasteiger partial charge on any atom is 1.00 e. The average molecular weight is 1470 g/mol. The number of hydrogen-bond donors (Lipinski definition) is 1. The van der Waals surface area contributed by atoms with Crippen LogP contribution in [0.5, 0.6) is 0 Å². The standard InChI is InChI=1S/C17H12BrF2NO3S.C17H12BrF2NOS.C17H15NO3S.C15H15NOS.CH4.FH.K/c1-25(22,23)13-9-7-12(8-10-13)15-14(11-5-3-2-4-6-11)16(24-21-15)17(18,19)20;1-23-13-9-7-12(8-10-13)15-14(11-5-3-2-4-6-11)16(22-21-15)17(18,19)20;1-12-16(13-6-4-3-5-7-13)17(18-21-12)14-8-10-15(11-9-14)22(2,19)20;1-18-14-9-7-13(8-10-14)15(16-17)11-12-5-3-2-4-6-12;;;/h2-10H,1H3;2-10H,1H3;3-11H,1-2H3;2-10,17H,11H2,1H3;1H4;1H;/q;;;;;;+1/p-1/b;;;16-15+;;;/i;;;;;1-1;. The van der Waals surface area contributed by atoms with Crippen molar-refractivity contribution >= 4 is 80.8 Å². The summed E-state index contributed by atoms with van der Waals surface area (Å²) in [6.45, 7) is 1.86. The first-order chi connectivity index (χ1) is 42.0. The molecule has 12 nitrogen and oxygen atoms in total. The van der Waals surface area contributed by atoms with Crippen molar-refractivity contribution in [3.63, 3.8) is 0 Å². The van der Waals surface area contributed by atoms with Crippen molar-refractivity contribution in [2.75, 3.05) is 25.0 Å². The van der Waals surface area contributed by atoms with E-state index < -0.39 is 40.9 Å². The molecule has 0 aliphatic rings. The number of aryl methyl sites for hydroxylation is 1. The maximum absolute atomic E-state index is 13.9. The van der Waals surface area contributed by atoms with E-state index in [4.69, 9.17) is 18.8 Å². The van der Waals surface area contributed by atoms with Gasteiger partial charge in [0.1, 0.15) is 22.8 Å². The minimum Gasteiger partial charge on any atom is -1.00 e. The molecule has 0 saturated carbocycles. The first kappa shape index (κ1) is 75.4. The third-order valence-corrected chi connectivity index (χ3v) is 17.6. The monoisotopic (exact) mass is 1470 g/mol. The van der Waals surface area contributed by atoms with Crippen LogP contribution in [0, 0.1) is 6.92 Å². The zero-order valence-corrected chi connectivity index (χ0v) is 58.4. The maximum atomic E-state index is 13.9. The Morgan fingerprint density at radius 1 is 0.484 bits per heavy atom. The van der Waals surface area contributed by atoms with Crippen LogP contribution in [0.1, 0.15) is 35.8 Å². The molecule has 3 aromatic heterocycles. The molecule has 468 valence electrons. The van der Waals surface area contributed by atoms with E-state index in [1.807, 2.05) is 135 Å². The second-order valence-electron chi connectivity index (χ2n) is 19.3. The molecule has 0 atom stereocenters. The van der Waals surface area contributed by atoms with Gasteiger partial charge in [0.2, 0.25) is 11.5 Å². The van der Waals surface area contributed by atoms with Crippen LogP contribution >= 0.6 is 55.4 Å². The summed E-state index contributed by atoms with van der Waals surface area (Å²) in [7, 11) is -6.56. The number of hydrogen-bond acceptors (Lipinski definition) is 14. The first-order valence-corrected chi connectivity index (χ1v) is 34.2. The minimum atomic E-state index is -3.39. The number of benzene rings is 8. The predicted molar refractivity (Wildman–Crippen MR) is 354 cm³/mol. The fraction of sp³-hybridized carbons (Fsp3) is 0.134. The molecule has 11 aromatic rings. The van der Waals surface area contributed by atoms with Crippen LogP contribution < -0.4 is 56.1 Å². The van der Waals surface area contributed by atoms with Crippen LogP contribution in [0.15, 0.2) is 257 Å². The van der Waals surface area contributed by atoms with Gasteiger partial charge in [-0.2, -0.15) is 17.6 Å². The van der Waals surface area contributed by atoms with Gasteiger partial charge in [-0.25, -0.2) is 16.8 Å². The molecule has 0 aliphatic heterocycles. The van der Waals surface area contributed by atoms with E-state index in [2.05, 4.69) is 52.5 Å². The number of alkyl halides is 6. The Hall–Kier alpha value is -6.29. The van der Waals surface area contributed by atoms with Gasteiger partial charge in [-0.1, -0.05) is 198 Å². The van der Waals surface area contributed by atoms with Gasteiger partial charge in [-0.3, -0.25) is 0 Å². The normalized spacial score (nSPS) is 11.4. The number of nitrogens with zero attached hydrogens (tertiary/aromatic N) is 4. The van der Waals surface area contributed by atoms with E-state index in [0.29, 0.717) is 45.8 Å². The van der Waals surface area contributed by atoms with Crippen LogP contribution in [0.25, 0.3) is 67.2 Å². The SMILES string of the molecule is C.CS(=O)(=O)c1ccc(-c2noc(C(F)(F)Br)c2-c2ccccc2)cc1.CSc1ccc(-c2noc(C(F)(F)Br)c2-c2ccccc2)cc1.CSc1ccc(/C(Cc2ccccc2)=N/O)cc1.Cc1onc(-c2ccc(S(C)(=O)=O)cc2)c1-c1ccccc1.[18F-].[K+]. The zero-order valence-electron chi connectivity index (χ0n) is 48.9. The predicted octanol–water partition coefficient (Wildman–Crippen LogP) is 13.2. The molecule has 3 heterocycles. The molecule has 1 N–H and O–H groups in total. The largest absolute Gasteiger partial charge is 1.00 e. The van der Waals surface area contributed by atoms with E-state index in [-0.39, 0.29) is 84.6 Å². The molecular formula is C67H58Br2F5KN4O8S4. The van der Waals surface area contributed by atoms with Gasteiger partial charge in [-0.05, 0) is 128 Å². The summed E-state index contributed by atoms with van der Waals surface area (Å²) in [4.78, 5) is -3.97. The van der Waals surface area contributed by atoms with Gasteiger partial charge in [-0.15, -0.1) is 23.5 Å². The van der Waals surface area contributed by atoms with E-state index in [1.165, 1.54) is 35.4 Å². The van der Waals surface area contributed by atoms with Crippen LogP contribution in [-0.2, 0) is 35.8 Å². The Labute approximate surface area is 593 Å². The molecule has 91 heavy (non-hydrogen) atoms. The number of thioether (sulfide) groups is 2. The number of oxime groups is 1. The zero-order chi connectivity index (χ0) is 63.2. The number of aromatic nitrogens is 3. The van der Waals surface area contributed by atoms with Gasteiger partial charge < -0.3 is 23.5 Å². The minimum absolute atomic E-state index is 0. The van der Waals surface area contributed by atoms with Crippen molar-refractivity contribution in [2.24, 2.45) is 5.16 Å². The van der Waals surface area contributed by atoms with Crippen LogP contribution in [0.4, 0.5) is 17.6 Å². The van der Waals surface area contributed by atoms with Crippen molar-refractivity contribution < 1.29 is 109 Å². The van der Waals surface area contributed by atoms with E-state index >= 15 is 0 Å². The molecule has 0 radical (unpaired) electrons. The molecule has 0 saturated heterocycles. The molecule has 24 heteroatoms. The summed E-state index contributed by atoms with van der Waals surface area (Å²) in [5.74, 6) is -0.373. The van der Waals surface area contributed by atoms with Crippen LogP contribution in [0.2, 0.25) is 0 Å². The van der Waals surface area contributed by atoms with Crippen molar-refractivity contribution in [1.29, 1.82) is 0 Å². The van der Waals surface area contributed by atoms with Crippen molar-refractivity contribution in [2.45, 2.75) is 50.0 Å². The smallest absolute Gasteiger partial charge is 1.00 e. The quantitative estimate of drug-likeness (QED) is 0.0195. The summed E-state index contributed by atoms with van der Waals surface area (Å²) in [6, 6.07) is 65.4. The van der Waals surface area contributed by atoms with Gasteiger partial charge in [0, 0.05) is 45.4 Å². The molecule has 0 spiro atoms. The molecule has 11 rings (SSSR count). The van der Waals surface area contributed by atoms with Crippen molar-refractivity contribution in [3.05, 3.63) is 247 Å². The molecule has 0 unspecified atom stereocenters. The van der Waals surface area contributed by atoms with Gasteiger partial charge >= 0.3 is 61.0 Å². The number of halogens is 7. The third-order valence-electron chi connectivity index (χ3n) is 13.2. The Kier molecular flexibility index (Phi) is 28.2. The summed E-state index contributed by atoms with van der Waals surface area (Å²) in [5, 5.41) is 24.4. The fourth-order valence-electron chi connectivity index (χ4n) is 8.86. The number of rotatable bonds is 15. The Balaban J connectivity index is 0.000000219. The third kappa shape index (κ3) is 20.1. The fourth-order valence-corrected chi connectivity index (χ4v) is 11.5. The summed E-state index contributed by atoms with van der Waals surface area (Å²) in [5.41, 5.74) is 9.66. The Morgan fingerprint density at radius 2 is 0.791 bits per heavy atom. The number of sulfone groups is 2. The first-order valence-electron chi connectivity index (χ1n) is 26.4.